The maximum absolute atomic E-state index is 11.3. The standard InChI is InChI=1S/C11H9BrN2O2S/c12-7-1-3-8(4-2-7)14-13-5-9-10(15)6-17-11(9)16/h1-5,14-15H,6H2/b13-5+. The number of aliphatic hydroxyl groups is 1. The topological polar surface area (TPSA) is 61.7 Å². The van der Waals surface area contributed by atoms with Gasteiger partial charge in [-0.15, -0.1) is 0 Å². The van der Waals surface area contributed by atoms with Crippen molar-refractivity contribution >= 4 is 44.7 Å². The average molecular weight is 313 g/mol. The summed E-state index contributed by atoms with van der Waals surface area (Å²) in [5.41, 5.74) is 3.85. The van der Waals surface area contributed by atoms with Gasteiger partial charge in [0.2, 0.25) is 5.12 Å². The van der Waals surface area contributed by atoms with Crippen LogP contribution in [0.25, 0.3) is 0 Å². The van der Waals surface area contributed by atoms with Crippen molar-refractivity contribution in [1.29, 1.82) is 0 Å². The van der Waals surface area contributed by atoms with E-state index in [1.807, 2.05) is 24.3 Å². The fourth-order valence-electron chi connectivity index (χ4n) is 1.23. The number of halogens is 1. The largest absolute Gasteiger partial charge is 0.511 e. The lowest BCUT2D eigenvalue weighted by atomic mass is 10.3. The van der Waals surface area contributed by atoms with E-state index in [1.165, 1.54) is 6.21 Å². The summed E-state index contributed by atoms with van der Waals surface area (Å²) >= 11 is 4.40. The molecule has 0 saturated heterocycles. The van der Waals surface area contributed by atoms with Crippen LogP contribution in [-0.2, 0) is 4.79 Å². The Morgan fingerprint density at radius 1 is 1.41 bits per heavy atom. The van der Waals surface area contributed by atoms with E-state index in [-0.39, 0.29) is 16.4 Å². The highest BCUT2D eigenvalue weighted by molar-refractivity contribution is 9.10. The molecule has 0 amide bonds. The van der Waals surface area contributed by atoms with Crippen LogP contribution in [0, 0.1) is 0 Å². The molecule has 0 unspecified atom stereocenters. The molecule has 0 aliphatic carbocycles. The molecule has 0 spiro atoms. The first-order valence-electron chi connectivity index (χ1n) is 4.80. The minimum Gasteiger partial charge on any atom is -0.511 e. The molecule has 1 aliphatic rings. The van der Waals surface area contributed by atoms with Crippen LogP contribution >= 0.6 is 27.7 Å². The molecule has 1 aliphatic heterocycles. The molecule has 0 bridgehead atoms. The van der Waals surface area contributed by atoms with Crippen LogP contribution in [0.1, 0.15) is 0 Å². The highest BCUT2D eigenvalue weighted by Crippen LogP contribution is 2.23. The van der Waals surface area contributed by atoms with Crippen LogP contribution in [-0.4, -0.2) is 22.2 Å². The second-order valence-electron chi connectivity index (χ2n) is 3.31. The Balaban J connectivity index is 2.01. The van der Waals surface area contributed by atoms with E-state index in [0.29, 0.717) is 5.75 Å². The number of anilines is 1. The van der Waals surface area contributed by atoms with Crippen LogP contribution in [0.15, 0.2) is 45.2 Å². The fraction of sp³-hybridized carbons (Fsp3) is 0.0909. The zero-order chi connectivity index (χ0) is 12.3. The zero-order valence-electron chi connectivity index (χ0n) is 8.68. The highest BCUT2D eigenvalue weighted by Gasteiger charge is 2.21. The predicted octanol–water partition coefficient (Wildman–Crippen LogP) is 2.93. The summed E-state index contributed by atoms with van der Waals surface area (Å²) in [6.45, 7) is 0. The van der Waals surface area contributed by atoms with Gasteiger partial charge in [-0.2, -0.15) is 5.10 Å². The van der Waals surface area contributed by atoms with Gasteiger partial charge in [-0.25, -0.2) is 0 Å². The number of hydrazone groups is 1. The monoisotopic (exact) mass is 312 g/mol. The maximum Gasteiger partial charge on any atom is 0.224 e. The van der Waals surface area contributed by atoms with Crippen molar-refractivity contribution < 1.29 is 9.90 Å². The number of hydrogen-bond acceptors (Lipinski definition) is 5. The molecule has 2 rings (SSSR count). The molecular formula is C11H9BrN2O2S. The van der Waals surface area contributed by atoms with Gasteiger partial charge in [-0.1, -0.05) is 27.7 Å². The maximum atomic E-state index is 11.3. The Kier molecular flexibility index (Phi) is 3.86. The van der Waals surface area contributed by atoms with E-state index in [9.17, 15) is 9.90 Å². The number of carbonyl (C=O) groups excluding carboxylic acids is 1. The number of nitrogens with one attached hydrogen (secondary N) is 1. The Bertz CT molecular complexity index is 497. The number of rotatable bonds is 3. The van der Waals surface area contributed by atoms with Crippen LogP contribution in [0.2, 0.25) is 0 Å². The van der Waals surface area contributed by atoms with Gasteiger partial charge >= 0.3 is 0 Å². The van der Waals surface area contributed by atoms with Gasteiger partial charge < -0.3 is 5.11 Å². The minimum absolute atomic E-state index is 0.0846. The molecule has 4 nitrogen and oxygen atoms in total. The molecule has 0 fully saturated rings. The SMILES string of the molecule is O=C1SCC(O)=C1/C=N/Nc1ccc(Br)cc1. The van der Waals surface area contributed by atoms with E-state index in [1.54, 1.807) is 0 Å². The first-order chi connectivity index (χ1) is 8.16. The molecular weight excluding hydrogens is 304 g/mol. The van der Waals surface area contributed by atoms with Gasteiger partial charge in [0, 0.05) is 4.47 Å². The highest BCUT2D eigenvalue weighted by atomic mass is 79.9. The first-order valence-corrected chi connectivity index (χ1v) is 6.58. The lowest BCUT2D eigenvalue weighted by Crippen LogP contribution is -1.98. The minimum atomic E-state index is -0.149. The molecule has 0 aromatic heterocycles. The third-order valence-electron chi connectivity index (χ3n) is 2.10. The molecule has 88 valence electrons. The summed E-state index contributed by atoms with van der Waals surface area (Å²) in [7, 11) is 0. The number of benzene rings is 1. The molecule has 1 heterocycles. The molecule has 0 atom stereocenters. The molecule has 6 heteroatoms. The number of aliphatic hydroxyl groups excluding tert-OH is 1. The van der Waals surface area contributed by atoms with Crippen molar-refractivity contribution in [1.82, 2.24) is 0 Å². The number of nitrogens with zero attached hydrogens (tertiary/aromatic N) is 1. The van der Waals surface area contributed by atoms with Gasteiger partial charge in [-0.3, -0.25) is 10.2 Å². The van der Waals surface area contributed by atoms with Crippen LogP contribution in [0.4, 0.5) is 5.69 Å². The molecule has 0 radical (unpaired) electrons. The Morgan fingerprint density at radius 3 is 2.71 bits per heavy atom. The third-order valence-corrected chi connectivity index (χ3v) is 3.53. The van der Waals surface area contributed by atoms with E-state index < -0.39 is 0 Å². The third kappa shape index (κ3) is 3.10. The van der Waals surface area contributed by atoms with Gasteiger partial charge in [-0.05, 0) is 24.3 Å². The van der Waals surface area contributed by atoms with Crippen molar-refractivity contribution in [2.75, 3.05) is 11.2 Å². The fourth-order valence-corrected chi connectivity index (χ4v) is 2.24. The van der Waals surface area contributed by atoms with Gasteiger partial charge in [0.15, 0.2) is 0 Å². The van der Waals surface area contributed by atoms with Crippen LogP contribution in [0.3, 0.4) is 0 Å². The van der Waals surface area contributed by atoms with E-state index in [4.69, 9.17) is 0 Å². The van der Waals surface area contributed by atoms with Crippen molar-refractivity contribution in [2.24, 2.45) is 5.10 Å². The summed E-state index contributed by atoms with van der Waals surface area (Å²) in [6.07, 6.45) is 1.35. The smallest absolute Gasteiger partial charge is 0.224 e. The molecule has 0 saturated carbocycles. The van der Waals surface area contributed by atoms with Crippen molar-refractivity contribution in [3.63, 3.8) is 0 Å². The van der Waals surface area contributed by atoms with E-state index >= 15 is 0 Å². The number of hydrogen-bond donors (Lipinski definition) is 2. The second kappa shape index (κ2) is 5.37. The van der Waals surface area contributed by atoms with E-state index in [2.05, 4.69) is 26.5 Å². The second-order valence-corrected chi connectivity index (χ2v) is 5.18. The summed E-state index contributed by atoms with van der Waals surface area (Å²) in [4.78, 5) is 11.3. The summed E-state index contributed by atoms with van der Waals surface area (Å²) in [5, 5.41) is 13.2. The van der Waals surface area contributed by atoms with Crippen LogP contribution in [0.5, 0.6) is 0 Å². The van der Waals surface area contributed by atoms with Gasteiger partial charge in [0.25, 0.3) is 0 Å². The Hall–Kier alpha value is -1.27. The normalized spacial score (nSPS) is 15.9. The first kappa shape index (κ1) is 12.2. The van der Waals surface area contributed by atoms with Crippen molar-refractivity contribution in [3.05, 3.63) is 40.1 Å². The summed E-state index contributed by atoms with van der Waals surface area (Å²) < 4.78 is 0.981. The van der Waals surface area contributed by atoms with Crippen molar-refractivity contribution in [2.45, 2.75) is 0 Å². The number of thioether (sulfide) groups is 1. The van der Waals surface area contributed by atoms with E-state index in [0.717, 1.165) is 21.9 Å². The van der Waals surface area contributed by atoms with Gasteiger partial charge in [0.05, 0.1) is 23.2 Å². The molecule has 1 aromatic rings. The summed E-state index contributed by atoms with van der Waals surface area (Å²) in [5.74, 6) is 0.416. The van der Waals surface area contributed by atoms with Crippen LogP contribution < -0.4 is 5.43 Å². The lowest BCUT2D eigenvalue weighted by Gasteiger charge is -1.99. The average Bonchev–Trinajstić information content (AvgIpc) is 2.63. The lowest BCUT2D eigenvalue weighted by molar-refractivity contribution is -0.107. The Labute approximate surface area is 111 Å². The number of carbonyl (C=O) groups is 1. The Morgan fingerprint density at radius 2 is 2.12 bits per heavy atom. The molecule has 17 heavy (non-hydrogen) atoms. The zero-order valence-corrected chi connectivity index (χ0v) is 11.1. The van der Waals surface area contributed by atoms with Crippen molar-refractivity contribution in [3.8, 4) is 0 Å². The summed E-state index contributed by atoms with van der Waals surface area (Å²) in [6, 6.07) is 7.46. The predicted molar refractivity (Wildman–Crippen MR) is 73.4 cm³/mol. The molecule has 2 N–H and O–H groups in total. The van der Waals surface area contributed by atoms with Gasteiger partial charge in [0.1, 0.15) is 5.76 Å². The quantitative estimate of drug-likeness (QED) is 0.665. The molecule has 1 aromatic carbocycles.